The maximum atomic E-state index is 4.44. The van der Waals surface area contributed by atoms with Crippen LogP contribution >= 0.6 is 0 Å². The van der Waals surface area contributed by atoms with Gasteiger partial charge in [0.05, 0.1) is 6.54 Å². The molecule has 0 amide bonds. The van der Waals surface area contributed by atoms with E-state index in [0.717, 1.165) is 19.0 Å². The van der Waals surface area contributed by atoms with E-state index in [1.165, 1.54) is 25.8 Å². The third-order valence-corrected chi connectivity index (χ3v) is 2.73. The van der Waals surface area contributed by atoms with Crippen molar-refractivity contribution in [1.29, 1.82) is 0 Å². The van der Waals surface area contributed by atoms with Gasteiger partial charge in [0.25, 0.3) is 0 Å². The second kappa shape index (κ2) is 3.33. The number of nitrogens with zero attached hydrogens (tertiary/aromatic N) is 2. The summed E-state index contributed by atoms with van der Waals surface area (Å²) in [5.74, 6) is 1.14. The fraction of sp³-hybridized carbons (Fsp3) is 0.889. The van der Waals surface area contributed by atoms with E-state index in [9.17, 15) is 0 Å². The van der Waals surface area contributed by atoms with Crippen LogP contribution in [0.5, 0.6) is 0 Å². The summed E-state index contributed by atoms with van der Waals surface area (Å²) in [7, 11) is 0. The molecule has 3 heteroatoms. The van der Waals surface area contributed by atoms with Crippen molar-refractivity contribution >= 4 is 5.96 Å². The van der Waals surface area contributed by atoms with Crippen molar-refractivity contribution in [2.75, 3.05) is 19.6 Å². The molecule has 1 saturated heterocycles. The van der Waals surface area contributed by atoms with Crippen molar-refractivity contribution in [2.45, 2.75) is 32.2 Å². The van der Waals surface area contributed by atoms with Crippen molar-refractivity contribution in [2.24, 2.45) is 4.99 Å². The molecule has 0 spiro atoms. The molecule has 1 N–H and O–H groups in total. The zero-order valence-corrected chi connectivity index (χ0v) is 7.71. The normalized spacial score (nSPS) is 29.9. The summed E-state index contributed by atoms with van der Waals surface area (Å²) in [6.07, 6.45) is 4.02. The predicted octanol–water partition coefficient (Wildman–Crippen LogP) is 0.820. The quantitative estimate of drug-likeness (QED) is 0.578. The van der Waals surface area contributed by atoms with Crippen molar-refractivity contribution in [3.8, 4) is 0 Å². The lowest BCUT2D eigenvalue weighted by Gasteiger charge is -2.34. The number of likely N-dealkylation sites (tertiary alicyclic amines) is 1. The molecule has 2 heterocycles. The van der Waals surface area contributed by atoms with Gasteiger partial charge < -0.3 is 10.2 Å². The van der Waals surface area contributed by atoms with E-state index in [4.69, 9.17) is 0 Å². The minimum atomic E-state index is 0.683. The minimum Gasteiger partial charge on any atom is -0.354 e. The van der Waals surface area contributed by atoms with Gasteiger partial charge in [0.15, 0.2) is 5.96 Å². The minimum absolute atomic E-state index is 0.683. The number of piperidine rings is 1. The molecule has 0 saturated carbocycles. The Kier molecular flexibility index (Phi) is 2.19. The summed E-state index contributed by atoms with van der Waals surface area (Å²) >= 11 is 0. The molecule has 1 unspecified atom stereocenters. The van der Waals surface area contributed by atoms with Crippen molar-refractivity contribution in [3.63, 3.8) is 0 Å². The Bertz CT molecular complexity index is 188. The molecular formula is C9H17N3. The highest BCUT2D eigenvalue weighted by atomic mass is 15.3. The first kappa shape index (κ1) is 7.90. The maximum absolute atomic E-state index is 4.44. The third kappa shape index (κ3) is 1.40. The van der Waals surface area contributed by atoms with Gasteiger partial charge in [-0.15, -0.1) is 0 Å². The van der Waals surface area contributed by atoms with Gasteiger partial charge in [-0.3, -0.25) is 4.99 Å². The van der Waals surface area contributed by atoms with E-state index in [0.29, 0.717) is 6.04 Å². The molecule has 2 aliphatic rings. The Balaban J connectivity index is 2.00. The van der Waals surface area contributed by atoms with E-state index in [1.807, 2.05) is 0 Å². The molecule has 1 fully saturated rings. The highest BCUT2D eigenvalue weighted by Crippen LogP contribution is 2.16. The number of hydrogen-bond acceptors (Lipinski definition) is 3. The van der Waals surface area contributed by atoms with Gasteiger partial charge in [-0.05, 0) is 26.2 Å². The van der Waals surface area contributed by atoms with Gasteiger partial charge in [0.2, 0.25) is 0 Å². The third-order valence-electron chi connectivity index (χ3n) is 2.73. The highest BCUT2D eigenvalue weighted by molar-refractivity contribution is 5.81. The molecule has 2 aliphatic heterocycles. The summed E-state index contributed by atoms with van der Waals surface area (Å²) in [5.41, 5.74) is 0. The number of rotatable bonds is 0. The van der Waals surface area contributed by atoms with Crippen molar-refractivity contribution in [3.05, 3.63) is 0 Å². The summed E-state index contributed by atoms with van der Waals surface area (Å²) in [5, 5.41) is 3.33. The molecule has 0 aliphatic carbocycles. The average Bonchev–Trinajstić information content (AvgIpc) is 2.57. The fourth-order valence-corrected chi connectivity index (χ4v) is 1.99. The maximum Gasteiger partial charge on any atom is 0.194 e. The molecule has 2 rings (SSSR count). The van der Waals surface area contributed by atoms with Gasteiger partial charge in [-0.25, -0.2) is 0 Å². The molecule has 0 aromatic heterocycles. The van der Waals surface area contributed by atoms with Crippen LogP contribution < -0.4 is 5.32 Å². The SMILES string of the molecule is CC1CCCCN1C1=NCCN1. The van der Waals surface area contributed by atoms with E-state index >= 15 is 0 Å². The van der Waals surface area contributed by atoms with Crippen LogP contribution in [0.25, 0.3) is 0 Å². The van der Waals surface area contributed by atoms with Crippen LogP contribution in [0.4, 0.5) is 0 Å². The molecule has 0 bridgehead atoms. The molecule has 0 aromatic rings. The van der Waals surface area contributed by atoms with Crippen molar-refractivity contribution in [1.82, 2.24) is 10.2 Å². The van der Waals surface area contributed by atoms with Gasteiger partial charge >= 0.3 is 0 Å². The van der Waals surface area contributed by atoms with Crippen LogP contribution in [0.3, 0.4) is 0 Å². The first-order chi connectivity index (χ1) is 5.88. The first-order valence-electron chi connectivity index (χ1n) is 4.93. The van der Waals surface area contributed by atoms with Gasteiger partial charge in [0.1, 0.15) is 0 Å². The monoisotopic (exact) mass is 167 g/mol. The Morgan fingerprint density at radius 2 is 2.42 bits per heavy atom. The molecule has 0 radical (unpaired) electrons. The number of guanidine groups is 1. The second-order valence-electron chi connectivity index (χ2n) is 3.67. The Morgan fingerprint density at radius 1 is 1.50 bits per heavy atom. The highest BCUT2D eigenvalue weighted by Gasteiger charge is 2.22. The standard InChI is InChI=1S/C9H17N3/c1-8-4-2-3-7-12(8)9-10-5-6-11-9/h8H,2-7H2,1H3,(H,10,11). The predicted molar refractivity (Wildman–Crippen MR) is 50.3 cm³/mol. The van der Waals surface area contributed by atoms with Crippen LogP contribution in [-0.2, 0) is 0 Å². The molecule has 0 aromatic carbocycles. The van der Waals surface area contributed by atoms with Crippen LogP contribution in [0.2, 0.25) is 0 Å². The smallest absolute Gasteiger partial charge is 0.194 e. The average molecular weight is 167 g/mol. The largest absolute Gasteiger partial charge is 0.354 e. The Labute approximate surface area is 73.9 Å². The molecule has 3 nitrogen and oxygen atoms in total. The lowest BCUT2D eigenvalue weighted by atomic mass is 10.0. The zero-order valence-electron chi connectivity index (χ0n) is 7.71. The Morgan fingerprint density at radius 3 is 3.08 bits per heavy atom. The summed E-state index contributed by atoms with van der Waals surface area (Å²) < 4.78 is 0. The van der Waals surface area contributed by atoms with Crippen LogP contribution in [0.1, 0.15) is 26.2 Å². The topological polar surface area (TPSA) is 27.6 Å². The van der Waals surface area contributed by atoms with E-state index < -0.39 is 0 Å². The molecule has 1 atom stereocenters. The second-order valence-corrected chi connectivity index (χ2v) is 3.67. The van der Waals surface area contributed by atoms with E-state index in [1.54, 1.807) is 0 Å². The van der Waals surface area contributed by atoms with E-state index in [-0.39, 0.29) is 0 Å². The first-order valence-corrected chi connectivity index (χ1v) is 4.93. The summed E-state index contributed by atoms with van der Waals surface area (Å²) in [4.78, 5) is 6.85. The lowest BCUT2D eigenvalue weighted by Crippen LogP contribution is -2.46. The lowest BCUT2D eigenvalue weighted by molar-refractivity contribution is 0.253. The Hall–Kier alpha value is -0.730. The van der Waals surface area contributed by atoms with Crippen molar-refractivity contribution < 1.29 is 0 Å². The fourth-order valence-electron chi connectivity index (χ4n) is 1.99. The van der Waals surface area contributed by atoms with E-state index in [2.05, 4.69) is 22.1 Å². The van der Waals surface area contributed by atoms with Gasteiger partial charge in [-0.1, -0.05) is 0 Å². The van der Waals surface area contributed by atoms with Crippen LogP contribution in [-0.4, -0.2) is 36.5 Å². The number of nitrogens with one attached hydrogen (secondary N) is 1. The molecule has 12 heavy (non-hydrogen) atoms. The summed E-state index contributed by atoms with van der Waals surface area (Å²) in [6, 6.07) is 0.683. The van der Waals surface area contributed by atoms with Crippen LogP contribution in [0, 0.1) is 0 Å². The number of hydrogen-bond donors (Lipinski definition) is 1. The molecule has 68 valence electrons. The zero-order chi connectivity index (χ0) is 8.39. The van der Waals surface area contributed by atoms with Gasteiger partial charge in [-0.2, -0.15) is 0 Å². The number of aliphatic imine (C=N–C) groups is 1. The van der Waals surface area contributed by atoms with Crippen LogP contribution in [0.15, 0.2) is 4.99 Å². The van der Waals surface area contributed by atoms with Gasteiger partial charge in [0, 0.05) is 19.1 Å². The summed E-state index contributed by atoms with van der Waals surface area (Å²) in [6.45, 7) is 5.46. The molecular weight excluding hydrogens is 150 g/mol.